The fraction of sp³-hybridized carbons (Fsp3) is 0.500. The Kier molecular flexibility index (Phi) is 5.60. The summed E-state index contributed by atoms with van der Waals surface area (Å²) in [6, 6.07) is 4.23. The molecule has 8 nitrogen and oxygen atoms in total. The minimum absolute atomic E-state index is 0.0347. The largest absolute Gasteiger partial charge is 0.416 e. The molecule has 2 saturated carbocycles. The number of aromatic nitrogens is 2. The van der Waals surface area contributed by atoms with Crippen molar-refractivity contribution >= 4 is 23.4 Å². The summed E-state index contributed by atoms with van der Waals surface area (Å²) in [6.45, 7) is 1.87. The fourth-order valence-corrected chi connectivity index (χ4v) is 5.10. The second-order valence-corrected chi connectivity index (χ2v) is 9.74. The Balaban J connectivity index is 1.42. The van der Waals surface area contributed by atoms with Crippen LogP contribution in [0, 0.1) is 0 Å². The van der Waals surface area contributed by atoms with Crippen molar-refractivity contribution in [1.82, 2.24) is 19.8 Å². The second kappa shape index (κ2) is 8.39. The summed E-state index contributed by atoms with van der Waals surface area (Å²) in [7, 11) is 0. The molecule has 2 aromatic rings. The first-order valence-corrected chi connectivity index (χ1v) is 11.8. The van der Waals surface area contributed by atoms with Crippen LogP contribution in [0.25, 0.3) is 0 Å². The SMILES string of the molecule is C[C@]1(C(=O)NC2CCCC2)Cn2cnc(C(=O)Nc3cccc(C(F)(F)F)c3)c2C(=O)N1C1CC1. The zero-order valence-corrected chi connectivity index (χ0v) is 19.2. The van der Waals surface area contributed by atoms with Crippen LogP contribution in [0.2, 0.25) is 0 Å². The number of carbonyl (C=O) groups is 3. The summed E-state index contributed by atoms with van der Waals surface area (Å²) in [4.78, 5) is 45.6. The number of amides is 3. The van der Waals surface area contributed by atoms with Gasteiger partial charge in [-0.3, -0.25) is 14.4 Å². The van der Waals surface area contributed by atoms with Gasteiger partial charge in [0.15, 0.2) is 5.69 Å². The van der Waals surface area contributed by atoms with Crippen molar-refractivity contribution in [2.45, 2.75) is 75.8 Å². The number of alkyl halides is 3. The summed E-state index contributed by atoms with van der Waals surface area (Å²) < 4.78 is 40.6. The van der Waals surface area contributed by atoms with E-state index in [4.69, 9.17) is 0 Å². The summed E-state index contributed by atoms with van der Waals surface area (Å²) in [6.07, 6.45) is 2.24. The maximum atomic E-state index is 13.6. The Labute approximate surface area is 199 Å². The highest BCUT2D eigenvalue weighted by Gasteiger charge is 2.54. The lowest BCUT2D eigenvalue weighted by Crippen LogP contribution is -2.65. The van der Waals surface area contributed by atoms with Gasteiger partial charge in [0.1, 0.15) is 11.2 Å². The smallest absolute Gasteiger partial charge is 0.351 e. The van der Waals surface area contributed by atoms with E-state index in [9.17, 15) is 27.6 Å². The van der Waals surface area contributed by atoms with Crippen molar-refractivity contribution < 1.29 is 27.6 Å². The Bertz CT molecular complexity index is 1180. The molecule has 0 spiro atoms. The zero-order chi connectivity index (χ0) is 25.0. The third kappa shape index (κ3) is 4.28. The van der Waals surface area contributed by atoms with Gasteiger partial charge < -0.3 is 20.1 Å². The van der Waals surface area contributed by atoms with Crippen LogP contribution in [0.3, 0.4) is 0 Å². The molecule has 1 aliphatic heterocycles. The van der Waals surface area contributed by atoms with Crippen molar-refractivity contribution in [2.24, 2.45) is 0 Å². The molecule has 2 fully saturated rings. The molecule has 1 aromatic heterocycles. The van der Waals surface area contributed by atoms with E-state index in [0.717, 1.165) is 50.7 Å². The van der Waals surface area contributed by atoms with Gasteiger partial charge in [-0.15, -0.1) is 0 Å². The molecule has 0 bridgehead atoms. The maximum Gasteiger partial charge on any atom is 0.416 e. The van der Waals surface area contributed by atoms with Gasteiger partial charge in [-0.25, -0.2) is 4.98 Å². The number of nitrogens with zero attached hydrogens (tertiary/aromatic N) is 3. The molecule has 3 aliphatic rings. The molecule has 0 saturated heterocycles. The predicted molar refractivity (Wildman–Crippen MR) is 120 cm³/mol. The van der Waals surface area contributed by atoms with Crippen LogP contribution >= 0.6 is 0 Å². The lowest BCUT2D eigenvalue weighted by Gasteiger charge is -2.44. The number of imidazole rings is 1. The first kappa shape index (κ1) is 23.4. The fourth-order valence-electron chi connectivity index (χ4n) is 5.10. The van der Waals surface area contributed by atoms with Crippen LogP contribution in [0.15, 0.2) is 30.6 Å². The van der Waals surface area contributed by atoms with Crippen LogP contribution < -0.4 is 10.6 Å². The van der Waals surface area contributed by atoms with Crippen molar-refractivity contribution in [3.8, 4) is 0 Å². The highest BCUT2D eigenvalue weighted by Crippen LogP contribution is 2.39. The number of hydrogen-bond acceptors (Lipinski definition) is 4. The van der Waals surface area contributed by atoms with E-state index in [0.29, 0.717) is 0 Å². The highest BCUT2D eigenvalue weighted by molar-refractivity contribution is 6.11. The summed E-state index contributed by atoms with van der Waals surface area (Å²) >= 11 is 0. The molecule has 2 aliphatic carbocycles. The molecular formula is C24H26F3N5O3. The quantitative estimate of drug-likeness (QED) is 0.671. The third-order valence-corrected chi connectivity index (χ3v) is 7.02. The van der Waals surface area contributed by atoms with E-state index < -0.39 is 29.1 Å². The predicted octanol–water partition coefficient (Wildman–Crippen LogP) is 3.59. The van der Waals surface area contributed by atoms with Gasteiger partial charge in [-0.2, -0.15) is 13.2 Å². The van der Waals surface area contributed by atoms with Crippen molar-refractivity contribution in [1.29, 1.82) is 0 Å². The molecule has 1 atom stereocenters. The maximum absolute atomic E-state index is 13.6. The molecule has 5 rings (SSSR count). The summed E-state index contributed by atoms with van der Waals surface area (Å²) in [5.74, 6) is -1.49. The van der Waals surface area contributed by atoms with Crippen LogP contribution in [0.1, 0.15) is 72.0 Å². The Hall–Kier alpha value is -3.37. The van der Waals surface area contributed by atoms with Crippen molar-refractivity contribution in [3.05, 3.63) is 47.5 Å². The van der Waals surface area contributed by atoms with Crippen LogP contribution in [-0.2, 0) is 17.5 Å². The summed E-state index contributed by atoms with van der Waals surface area (Å²) in [5, 5.41) is 5.51. The molecule has 2 heterocycles. The number of fused-ring (bicyclic) bond motifs is 1. The number of carbonyl (C=O) groups excluding carboxylic acids is 3. The van der Waals surface area contributed by atoms with Gasteiger partial charge in [0.2, 0.25) is 5.91 Å². The number of halogens is 3. The Morgan fingerprint density at radius 1 is 1.14 bits per heavy atom. The van der Waals surface area contributed by atoms with Crippen molar-refractivity contribution in [2.75, 3.05) is 5.32 Å². The van der Waals surface area contributed by atoms with Gasteiger partial charge in [-0.05, 0) is 50.8 Å². The molecular weight excluding hydrogens is 463 g/mol. The Morgan fingerprint density at radius 2 is 1.86 bits per heavy atom. The summed E-state index contributed by atoms with van der Waals surface area (Å²) in [5.41, 5.74) is -2.25. The standard InChI is InChI=1S/C24H26F3N5O3/c1-23(22(35)30-15-6-2-3-7-15)12-31-13-28-18(19(31)21(34)32(23)17-9-10-17)20(33)29-16-8-4-5-14(11-16)24(25,26)27/h4-5,8,11,13,15,17H,2-3,6-7,9-10,12H2,1H3,(H,29,33)(H,30,35)/t23-/m1/s1. The lowest BCUT2D eigenvalue weighted by atomic mass is 9.93. The molecule has 2 N–H and O–H groups in total. The molecule has 1 aromatic carbocycles. The minimum Gasteiger partial charge on any atom is -0.351 e. The minimum atomic E-state index is -4.56. The molecule has 186 valence electrons. The van der Waals surface area contributed by atoms with Crippen molar-refractivity contribution in [3.63, 3.8) is 0 Å². The van der Waals surface area contributed by atoms with E-state index >= 15 is 0 Å². The van der Waals surface area contributed by atoms with E-state index in [1.807, 2.05) is 0 Å². The van der Waals surface area contributed by atoms with Gasteiger partial charge in [0.05, 0.1) is 18.4 Å². The number of anilines is 1. The van der Waals surface area contributed by atoms with E-state index in [-0.39, 0.29) is 41.6 Å². The number of hydrogen-bond donors (Lipinski definition) is 2. The van der Waals surface area contributed by atoms with E-state index in [1.165, 1.54) is 23.0 Å². The zero-order valence-electron chi connectivity index (χ0n) is 19.2. The topological polar surface area (TPSA) is 96.3 Å². The average Bonchev–Trinajstić information content (AvgIpc) is 3.30. The van der Waals surface area contributed by atoms with E-state index in [2.05, 4.69) is 15.6 Å². The monoisotopic (exact) mass is 489 g/mol. The second-order valence-electron chi connectivity index (χ2n) is 9.74. The molecule has 11 heteroatoms. The van der Waals surface area contributed by atoms with Gasteiger partial charge >= 0.3 is 6.18 Å². The lowest BCUT2D eigenvalue weighted by molar-refractivity contribution is -0.137. The van der Waals surface area contributed by atoms with Gasteiger partial charge in [0, 0.05) is 17.8 Å². The van der Waals surface area contributed by atoms with E-state index in [1.54, 1.807) is 11.8 Å². The molecule has 0 radical (unpaired) electrons. The van der Waals surface area contributed by atoms with Gasteiger partial charge in [-0.1, -0.05) is 18.9 Å². The molecule has 3 amide bonds. The third-order valence-electron chi connectivity index (χ3n) is 7.02. The highest BCUT2D eigenvalue weighted by atomic mass is 19.4. The first-order chi connectivity index (χ1) is 16.6. The first-order valence-electron chi connectivity index (χ1n) is 11.8. The number of nitrogens with one attached hydrogen (secondary N) is 2. The van der Waals surface area contributed by atoms with Crippen LogP contribution in [0.4, 0.5) is 18.9 Å². The Morgan fingerprint density at radius 3 is 2.51 bits per heavy atom. The molecule has 35 heavy (non-hydrogen) atoms. The number of benzene rings is 1. The molecule has 0 unspecified atom stereocenters. The van der Waals surface area contributed by atoms with Crippen LogP contribution in [0.5, 0.6) is 0 Å². The van der Waals surface area contributed by atoms with Gasteiger partial charge in [0.25, 0.3) is 11.8 Å². The number of rotatable bonds is 5. The average molecular weight is 489 g/mol. The van der Waals surface area contributed by atoms with Crippen LogP contribution in [-0.4, -0.2) is 49.8 Å². The normalized spacial score (nSPS) is 22.7.